The van der Waals surface area contributed by atoms with Crippen molar-refractivity contribution in [3.05, 3.63) is 29.8 Å². The molecular weight excluding hydrogens is 374 g/mol. The molecule has 2 saturated carbocycles. The van der Waals surface area contributed by atoms with Gasteiger partial charge in [-0.05, 0) is 63.1 Å². The summed E-state index contributed by atoms with van der Waals surface area (Å²) in [7, 11) is 2.12. The van der Waals surface area contributed by atoms with Gasteiger partial charge in [0.25, 0.3) is 0 Å². The summed E-state index contributed by atoms with van der Waals surface area (Å²) in [4.78, 5) is 30.1. The molecule has 1 heterocycles. The van der Waals surface area contributed by atoms with Gasteiger partial charge in [-0.2, -0.15) is 0 Å². The van der Waals surface area contributed by atoms with Gasteiger partial charge < -0.3 is 15.1 Å². The van der Waals surface area contributed by atoms with E-state index < -0.39 is 0 Å². The van der Waals surface area contributed by atoms with Crippen LogP contribution in [0.4, 0.5) is 5.69 Å². The smallest absolute Gasteiger partial charge is 0.230 e. The minimum atomic E-state index is 0.0768. The number of para-hydroxylation sites is 1. The second-order valence-electron chi connectivity index (χ2n) is 9.68. The minimum Gasteiger partial charge on any atom is -0.353 e. The zero-order chi connectivity index (χ0) is 20.9. The maximum atomic E-state index is 13.4. The Balaban J connectivity index is 1.29. The second-order valence-corrected chi connectivity index (χ2v) is 9.68. The lowest BCUT2D eigenvalue weighted by molar-refractivity contribution is -0.124. The Morgan fingerprint density at radius 2 is 1.70 bits per heavy atom. The molecule has 2 amide bonds. The van der Waals surface area contributed by atoms with Crippen molar-refractivity contribution in [3.63, 3.8) is 0 Å². The summed E-state index contributed by atoms with van der Waals surface area (Å²) in [5, 5.41) is 3.27. The normalized spacial score (nSPS) is 26.0. The number of likely N-dealkylation sites (N-methyl/N-ethyl adjacent to an activating group) is 1. The van der Waals surface area contributed by atoms with E-state index in [2.05, 4.69) is 35.5 Å². The predicted molar refractivity (Wildman–Crippen MR) is 120 cm³/mol. The van der Waals surface area contributed by atoms with Crippen LogP contribution < -0.4 is 10.2 Å². The van der Waals surface area contributed by atoms with Crippen molar-refractivity contribution in [2.75, 3.05) is 25.0 Å². The van der Waals surface area contributed by atoms with Gasteiger partial charge in [0.15, 0.2) is 0 Å². The highest BCUT2D eigenvalue weighted by atomic mass is 16.2. The van der Waals surface area contributed by atoms with Gasteiger partial charge in [-0.15, -0.1) is 0 Å². The van der Waals surface area contributed by atoms with Crippen molar-refractivity contribution in [2.24, 2.45) is 11.8 Å². The molecule has 4 rings (SSSR count). The van der Waals surface area contributed by atoms with Gasteiger partial charge in [-0.3, -0.25) is 9.59 Å². The molecule has 1 aliphatic heterocycles. The number of hydrogen-bond acceptors (Lipinski definition) is 3. The van der Waals surface area contributed by atoms with E-state index in [1.807, 2.05) is 11.0 Å². The third-order valence-corrected chi connectivity index (χ3v) is 7.33. The zero-order valence-electron chi connectivity index (χ0n) is 18.4. The first kappa shape index (κ1) is 21.4. The number of rotatable bonds is 4. The van der Waals surface area contributed by atoms with E-state index in [1.165, 1.54) is 37.7 Å². The molecule has 0 spiro atoms. The lowest BCUT2D eigenvalue weighted by Crippen LogP contribution is -2.43. The monoisotopic (exact) mass is 411 g/mol. The van der Waals surface area contributed by atoms with Gasteiger partial charge in [0.1, 0.15) is 0 Å². The fourth-order valence-electron chi connectivity index (χ4n) is 5.54. The molecule has 2 fully saturated rings. The van der Waals surface area contributed by atoms with Gasteiger partial charge in [0.2, 0.25) is 11.8 Å². The lowest BCUT2D eigenvalue weighted by Gasteiger charge is -2.33. The standard InChI is InChI=1S/C25H37N3O2/c1-27-15-16-28(23-10-6-5-9-21(23)18-27)25(30)20-11-13-22(14-12-20)26-24(29)17-19-7-3-2-4-8-19/h5-6,9-10,19-20,22H,2-4,7-8,11-18H2,1H3,(H,26,29). The van der Waals surface area contributed by atoms with E-state index in [4.69, 9.17) is 0 Å². The minimum absolute atomic E-state index is 0.0768. The number of anilines is 1. The van der Waals surface area contributed by atoms with Gasteiger partial charge in [0, 0.05) is 43.7 Å². The van der Waals surface area contributed by atoms with Crippen LogP contribution in [-0.2, 0) is 16.1 Å². The van der Waals surface area contributed by atoms with E-state index in [-0.39, 0.29) is 23.8 Å². The van der Waals surface area contributed by atoms with Gasteiger partial charge in [0.05, 0.1) is 0 Å². The highest BCUT2D eigenvalue weighted by Gasteiger charge is 2.32. The van der Waals surface area contributed by atoms with Crippen LogP contribution in [0.1, 0.15) is 69.8 Å². The van der Waals surface area contributed by atoms with Crippen LogP contribution in [0.2, 0.25) is 0 Å². The largest absolute Gasteiger partial charge is 0.353 e. The molecule has 5 heteroatoms. The molecule has 0 unspecified atom stereocenters. The molecule has 164 valence electrons. The SMILES string of the molecule is CN1CCN(C(=O)C2CCC(NC(=O)CC3CCCCC3)CC2)c2ccccc2C1. The quantitative estimate of drug-likeness (QED) is 0.811. The molecule has 0 atom stereocenters. The third kappa shape index (κ3) is 5.23. The summed E-state index contributed by atoms with van der Waals surface area (Å²) in [6, 6.07) is 8.55. The summed E-state index contributed by atoms with van der Waals surface area (Å²) in [6.07, 6.45) is 10.6. The summed E-state index contributed by atoms with van der Waals surface area (Å²) >= 11 is 0. The van der Waals surface area contributed by atoms with Crippen molar-refractivity contribution in [3.8, 4) is 0 Å². The summed E-state index contributed by atoms with van der Waals surface area (Å²) < 4.78 is 0. The summed E-state index contributed by atoms with van der Waals surface area (Å²) in [5.41, 5.74) is 2.31. The Morgan fingerprint density at radius 3 is 2.47 bits per heavy atom. The van der Waals surface area contributed by atoms with Gasteiger partial charge >= 0.3 is 0 Å². The van der Waals surface area contributed by atoms with E-state index >= 15 is 0 Å². The highest BCUT2D eigenvalue weighted by Crippen LogP contribution is 2.31. The molecular formula is C25H37N3O2. The van der Waals surface area contributed by atoms with Gasteiger partial charge in [-0.25, -0.2) is 0 Å². The van der Waals surface area contributed by atoms with E-state index in [9.17, 15) is 9.59 Å². The van der Waals surface area contributed by atoms with Crippen molar-refractivity contribution in [1.82, 2.24) is 10.2 Å². The number of carbonyl (C=O) groups is 2. The zero-order valence-corrected chi connectivity index (χ0v) is 18.4. The van der Waals surface area contributed by atoms with Crippen LogP contribution in [0.15, 0.2) is 24.3 Å². The number of fused-ring (bicyclic) bond motifs is 1. The predicted octanol–water partition coefficient (Wildman–Crippen LogP) is 4.11. The fourth-order valence-corrected chi connectivity index (χ4v) is 5.54. The topological polar surface area (TPSA) is 52.6 Å². The Kier molecular flexibility index (Phi) is 7.08. The molecule has 5 nitrogen and oxygen atoms in total. The van der Waals surface area contributed by atoms with Crippen molar-refractivity contribution in [1.29, 1.82) is 0 Å². The molecule has 1 aromatic rings. The van der Waals surface area contributed by atoms with Crippen LogP contribution in [0, 0.1) is 11.8 Å². The van der Waals surface area contributed by atoms with Crippen molar-refractivity contribution < 1.29 is 9.59 Å². The first-order valence-corrected chi connectivity index (χ1v) is 12.0. The van der Waals surface area contributed by atoms with Crippen molar-refractivity contribution >= 4 is 17.5 Å². The first-order valence-electron chi connectivity index (χ1n) is 12.0. The summed E-state index contributed by atoms with van der Waals surface area (Å²) in [6.45, 7) is 2.54. The number of nitrogens with one attached hydrogen (secondary N) is 1. The number of carbonyl (C=O) groups excluding carboxylic acids is 2. The Hall–Kier alpha value is -1.88. The average Bonchev–Trinajstić information content (AvgIpc) is 2.92. The van der Waals surface area contributed by atoms with Crippen LogP contribution >= 0.6 is 0 Å². The Morgan fingerprint density at radius 1 is 0.967 bits per heavy atom. The lowest BCUT2D eigenvalue weighted by atomic mass is 9.84. The van der Waals surface area contributed by atoms with Crippen molar-refractivity contribution in [2.45, 2.75) is 76.8 Å². The van der Waals surface area contributed by atoms with E-state index in [0.717, 1.165) is 51.0 Å². The molecule has 0 aromatic heterocycles. The molecule has 1 N–H and O–H groups in total. The third-order valence-electron chi connectivity index (χ3n) is 7.33. The molecule has 0 bridgehead atoms. The Labute approximate surface area is 181 Å². The van der Waals surface area contributed by atoms with E-state index in [0.29, 0.717) is 12.3 Å². The van der Waals surface area contributed by atoms with Crippen LogP contribution in [-0.4, -0.2) is 42.9 Å². The summed E-state index contributed by atoms with van der Waals surface area (Å²) in [5.74, 6) is 1.15. The number of hydrogen-bond donors (Lipinski definition) is 1. The fraction of sp³-hybridized carbons (Fsp3) is 0.680. The number of benzene rings is 1. The molecule has 3 aliphatic rings. The first-order chi connectivity index (χ1) is 14.6. The molecule has 0 saturated heterocycles. The molecule has 30 heavy (non-hydrogen) atoms. The van der Waals surface area contributed by atoms with Gasteiger partial charge in [-0.1, -0.05) is 37.5 Å². The highest BCUT2D eigenvalue weighted by molar-refractivity contribution is 5.96. The van der Waals surface area contributed by atoms with Crippen LogP contribution in [0.3, 0.4) is 0 Å². The molecule has 1 aromatic carbocycles. The molecule has 0 radical (unpaired) electrons. The molecule has 2 aliphatic carbocycles. The van der Waals surface area contributed by atoms with Crippen LogP contribution in [0.5, 0.6) is 0 Å². The second kappa shape index (κ2) is 9.95. The van der Waals surface area contributed by atoms with E-state index in [1.54, 1.807) is 0 Å². The Bertz CT molecular complexity index is 736. The number of amides is 2. The maximum absolute atomic E-state index is 13.4. The number of nitrogens with zero attached hydrogens (tertiary/aromatic N) is 2. The van der Waals surface area contributed by atoms with Crippen LogP contribution in [0.25, 0.3) is 0 Å². The maximum Gasteiger partial charge on any atom is 0.230 e. The average molecular weight is 412 g/mol.